The summed E-state index contributed by atoms with van der Waals surface area (Å²) in [6.45, 7) is 0.862. The van der Waals surface area contributed by atoms with Gasteiger partial charge in [-0.3, -0.25) is 9.59 Å². The van der Waals surface area contributed by atoms with Crippen molar-refractivity contribution in [2.75, 3.05) is 34.5 Å². The van der Waals surface area contributed by atoms with E-state index in [1.807, 2.05) is 0 Å². The molecule has 24 heavy (non-hydrogen) atoms. The van der Waals surface area contributed by atoms with E-state index in [2.05, 4.69) is 31.8 Å². The molecule has 0 aromatic heterocycles. The number of hydrogen-bond donors (Lipinski definition) is 2. The first-order valence-corrected chi connectivity index (χ1v) is 7.84. The molecule has 0 spiro atoms. The Kier molecular flexibility index (Phi) is 8.80. The van der Waals surface area contributed by atoms with Crippen LogP contribution in [0.5, 0.6) is 11.5 Å². The molecule has 8 nitrogen and oxygen atoms in total. The zero-order chi connectivity index (χ0) is 17.9. The van der Waals surface area contributed by atoms with Gasteiger partial charge >= 0.3 is 11.8 Å². The molecule has 1 aromatic carbocycles. The third-order valence-corrected chi connectivity index (χ3v) is 3.44. The van der Waals surface area contributed by atoms with E-state index in [1.165, 1.54) is 20.4 Å². The smallest absolute Gasteiger partial charge is 0.329 e. The van der Waals surface area contributed by atoms with Gasteiger partial charge in [0.15, 0.2) is 11.5 Å². The quantitative estimate of drug-likeness (QED) is 0.293. The lowest BCUT2D eigenvalue weighted by Gasteiger charge is -2.10. The molecule has 0 heterocycles. The fraction of sp³-hybridized carbons (Fsp3) is 0.400. The molecule has 0 saturated heterocycles. The van der Waals surface area contributed by atoms with Crippen molar-refractivity contribution in [1.29, 1.82) is 0 Å². The Morgan fingerprint density at radius 1 is 1.21 bits per heavy atom. The van der Waals surface area contributed by atoms with Crippen LogP contribution in [0.25, 0.3) is 0 Å². The van der Waals surface area contributed by atoms with E-state index in [1.54, 1.807) is 19.2 Å². The molecule has 0 saturated carbocycles. The van der Waals surface area contributed by atoms with Gasteiger partial charge in [0, 0.05) is 20.3 Å². The summed E-state index contributed by atoms with van der Waals surface area (Å²) in [7, 11) is 4.61. The van der Waals surface area contributed by atoms with Crippen LogP contribution < -0.4 is 20.2 Å². The van der Waals surface area contributed by atoms with E-state index in [-0.39, 0.29) is 0 Å². The number of benzene rings is 1. The van der Waals surface area contributed by atoms with E-state index in [4.69, 9.17) is 14.2 Å². The van der Waals surface area contributed by atoms with Crippen molar-refractivity contribution in [3.63, 3.8) is 0 Å². The maximum atomic E-state index is 11.6. The summed E-state index contributed by atoms with van der Waals surface area (Å²) in [6, 6.07) is 3.42. The number of carbonyl (C=O) groups is 2. The molecule has 1 rings (SSSR count). The summed E-state index contributed by atoms with van der Waals surface area (Å²) in [4.78, 5) is 23.1. The Morgan fingerprint density at radius 2 is 1.96 bits per heavy atom. The lowest BCUT2D eigenvalue weighted by Crippen LogP contribution is -2.38. The van der Waals surface area contributed by atoms with Crippen LogP contribution in [0.1, 0.15) is 12.0 Å². The second kappa shape index (κ2) is 10.6. The minimum atomic E-state index is -0.844. The highest BCUT2D eigenvalue weighted by molar-refractivity contribution is 9.10. The number of halogens is 1. The SMILES string of the molecule is COCCCNC(=O)C(=O)N/N=C\c1cc(Br)c(OC)c(OC)c1. The molecular weight excluding hydrogens is 382 g/mol. The molecule has 0 bridgehead atoms. The minimum Gasteiger partial charge on any atom is -0.493 e. The summed E-state index contributed by atoms with van der Waals surface area (Å²) in [6.07, 6.45) is 2.02. The minimum absolute atomic E-state index is 0.354. The van der Waals surface area contributed by atoms with Gasteiger partial charge < -0.3 is 19.5 Å². The Morgan fingerprint density at radius 3 is 2.58 bits per heavy atom. The van der Waals surface area contributed by atoms with Crippen molar-refractivity contribution >= 4 is 34.0 Å². The second-order valence-corrected chi connectivity index (χ2v) is 5.39. The van der Waals surface area contributed by atoms with Crippen molar-refractivity contribution < 1.29 is 23.8 Å². The number of amides is 2. The normalized spacial score (nSPS) is 10.5. The van der Waals surface area contributed by atoms with Crippen LogP contribution in [0.15, 0.2) is 21.7 Å². The molecule has 2 N–H and O–H groups in total. The van der Waals surface area contributed by atoms with E-state index in [9.17, 15) is 9.59 Å². The number of ether oxygens (including phenoxy) is 3. The van der Waals surface area contributed by atoms with Crippen molar-refractivity contribution in [2.24, 2.45) is 5.10 Å². The largest absolute Gasteiger partial charge is 0.493 e. The van der Waals surface area contributed by atoms with Crippen LogP contribution in [0.2, 0.25) is 0 Å². The van der Waals surface area contributed by atoms with Crippen LogP contribution >= 0.6 is 15.9 Å². The standard InChI is InChI=1S/C15H20BrN3O5/c1-22-6-4-5-17-14(20)15(21)19-18-9-10-7-11(16)13(24-3)12(8-10)23-2/h7-9H,4-6H2,1-3H3,(H,17,20)(H,19,21)/b18-9-. The lowest BCUT2D eigenvalue weighted by molar-refractivity contribution is -0.139. The maximum Gasteiger partial charge on any atom is 0.329 e. The molecular formula is C15H20BrN3O5. The van der Waals surface area contributed by atoms with E-state index >= 15 is 0 Å². The molecule has 0 unspecified atom stereocenters. The predicted molar refractivity (Wildman–Crippen MR) is 92.5 cm³/mol. The Labute approximate surface area is 148 Å². The monoisotopic (exact) mass is 401 g/mol. The van der Waals surface area contributed by atoms with Crippen LogP contribution in [0, 0.1) is 0 Å². The Balaban J connectivity index is 2.59. The van der Waals surface area contributed by atoms with Gasteiger partial charge in [-0.25, -0.2) is 5.43 Å². The molecule has 2 amide bonds. The van der Waals surface area contributed by atoms with Crippen LogP contribution in [0.3, 0.4) is 0 Å². The first-order chi connectivity index (χ1) is 11.5. The molecule has 132 valence electrons. The number of carbonyl (C=O) groups excluding carboxylic acids is 2. The summed E-state index contributed by atoms with van der Waals surface area (Å²) in [5, 5.41) is 6.21. The zero-order valence-electron chi connectivity index (χ0n) is 13.7. The van der Waals surface area contributed by atoms with Crippen molar-refractivity contribution in [2.45, 2.75) is 6.42 Å². The van der Waals surface area contributed by atoms with Crippen molar-refractivity contribution in [3.8, 4) is 11.5 Å². The molecule has 1 aromatic rings. The van der Waals surface area contributed by atoms with Crippen molar-refractivity contribution in [1.82, 2.24) is 10.7 Å². The highest BCUT2D eigenvalue weighted by atomic mass is 79.9. The highest BCUT2D eigenvalue weighted by Crippen LogP contribution is 2.35. The van der Waals surface area contributed by atoms with Gasteiger partial charge in [0.25, 0.3) is 0 Å². The lowest BCUT2D eigenvalue weighted by atomic mass is 10.2. The molecule has 0 aliphatic carbocycles. The number of nitrogens with one attached hydrogen (secondary N) is 2. The number of nitrogens with zero attached hydrogens (tertiary/aromatic N) is 1. The van der Waals surface area contributed by atoms with Gasteiger partial charge in [0.2, 0.25) is 0 Å². The molecule has 0 aliphatic heterocycles. The fourth-order valence-electron chi connectivity index (χ4n) is 1.73. The topological polar surface area (TPSA) is 98.2 Å². The van der Waals surface area contributed by atoms with E-state index in [0.717, 1.165) is 0 Å². The molecule has 0 fully saturated rings. The summed E-state index contributed by atoms with van der Waals surface area (Å²) in [5.74, 6) is -0.537. The molecule has 9 heteroatoms. The van der Waals surface area contributed by atoms with Gasteiger partial charge in [-0.1, -0.05) is 0 Å². The fourth-order valence-corrected chi connectivity index (χ4v) is 2.35. The number of hydrazone groups is 1. The second-order valence-electron chi connectivity index (χ2n) is 4.54. The number of rotatable bonds is 8. The van der Waals surface area contributed by atoms with E-state index < -0.39 is 11.8 Å². The van der Waals surface area contributed by atoms with Gasteiger partial charge in [0.05, 0.1) is 24.9 Å². The average Bonchev–Trinajstić information content (AvgIpc) is 2.57. The van der Waals surface area contributed by atoms with Gasteiger partial charge in [-0.2, -0.15) is 5.10 Å². The third-order valence-electron chi connectivity index (χ3n) is 2.85. The summed E-state index contributed by atoms with van der Waals surface area (Å²) < 4.78 is 15.9. The number of methoxy groups -OCH3 is 3. The highest BCUT2D eigenvalue weighted by Gasteiger charge is 2.12. The maximum absolute atomic E-state index is 11.6. The molecule has 0 aliphatic rings. The van der Waals surface area contributed by atoms with Gasteiger partial charge in [-0.05, 0) is 40.0 Å². The molecule has 0 radical (unpaired) electrons. The summed E-state index contributed by atoms with van der Waals surface area (Å²) in [5.41, 5.74) is 2.81. The first-order valence-electron chi connectivity index (χ1n) is 7.05. The summed E-state index contributed by atoms with van der Waals surface area (Å²) >= 11 is 3.36. The third kappa shape index (κ3) is 6.17. The molecule has 0 atom stereocenters. The van der Waals surface area contributed by atoms with Gasteiger partial charge in [0.1, 0.15) is 0 Å². The van der Waals surface area contributed by atoms with Crippen LogP contribution in [-0.4, -0.2) is 52.5 Å². The van der Waals surface area contributed by atoms with Gasteiger partial charge in [-0.15, -0.1) is 0 Å². The number of hydrogen-bond acceptors (Lipinski definition) is 6. The predicted octanol–water partition coefficient (Wildman–Crippen LogP) is 1.07. The zero-order valence-corrected chi connectivity index (χ0v) is 15.3. The Bertz CT molecular complexity index is 607. The van der Waals surface area contributed by atoms with Crippen LogP contribution in [0.4, 0.5) is 0 Å². The van der Waals surface area contributed by atoms with Crippen molar-refractivity contribution in [3.05, 3.63) is 22.2 Å². The van der Waals surface area contributed by atoms with E-state index in [0.29, 0.717) is 41.1 Å². The first kappa shape index (κ1) is 19.9. The van der Waals surface area contributed by atoms with Crippen LogP contribution in [-0.2, 0) is 14.3 Å². The average molecular weight is 402 g/mol. The Hall–Kier alpha value is -2.13.